The molecule has 0 unspecified atom stereocenters. The quantitative estimate of drug-likeness (QED) is 0.218. The molecule has 2 fully saturated rings. The highest BCUT2D eigenvalue weighted by molar-refractivity contribution is 6.37. The van der Waals surface area contributed by atoms with Crippen LogP contribution < -0.4 is 0 Å². The maximum atomic E-state index is 15.8. The molecule has 0 radical (unpaired) electrons. The van der Waals surface area contributed by atoms with Crippen molar-refractivity contribution in [2.24, 2.45) is 5.92 Å². The standard InChI is InChI=1S/C32H26ClFN4O3.CH4/c1-17(39)31-23-6-2-3-8-24(23)37(36-31)16-28(41)38-25-13-20(25)14-26(38)27(40)15-19-5-4-7-22(30(19)34)21-10-9-18-11-12-35-32(18)29(21)33;/h2-12,20,25-26,35H,13-16H2,1H3;1H4/t20-,25-,26+;/m1./s1. The van der Waals surface area contributed by atoms with Gasteiger partial charge in [0.05, 0.1) is 22.1 Å². The predicted octanol–water partition coefficient (Wildman–Crippen LogP) is 6.62. The van der Waals surface area contributed by atoms with Crippen molar-refractivity contribution in [3.8, 4) is 11.1 Å². The highest BCUT2D eigenvalue weighted by Gasteiger charge is 2.55. The number of fused-ring (bicyclic) bond motifs is 3. The summed E-state index contributed by atoms with van der Waals surface area (Å²) in [5.74, 6) is -0.812. The van der Waals surface area contributed by atoms with Crippen molar-refractivity contribution in [1.82, 2.24) is 19.7 Å². The summed E-state index contributed by atoms with van der Waals surface area (Å²) in [4.78, 5) is 44.1. The number of carbonyl (C=O) groups is 3. The summed E-state index contributed by atoms with van der Waals surface area (Å²) in [5, 5.41) is 6.46. The molecule has 9 heteroatoms. The maximum Gasteiger partial charge on any atom is 0.245 e. The fourth-order valence-electron chi connectivity index (χ4n) is 6.35. The summed E-state index contributed by atoms with van der Waals surface area (Å²) in [5.41, 5.74) is 2.87. The van der Waals surface area contributed by atoms with Gasteiger partial charge in [-0.2, -0.15) is 5.10 Å². The average molecular weight is 585 g/mol. The lowest BCUT2D eigenvalue weighted by atomic mass is 9.96. The van der Waals surface area contributed by atoms with Gasteiger partial charge in [0.2, 0.25) is 5.91 Å². The van der Waals surface area contributed by atoms with Crippen LogP contribution in [-0.4, -0.2) is 49.2 Å². The number of nitrogens with zero attached hydrogens (tertiary/aromatic N) is 3. The first kappa shape index (κ1) is 27.8. The predicted molar refractivity (Wildman–Crippen MR) is 161 cm³/mol. The number of piperidine rings is 1. The number of benzene rings is 3. The molecule has 3 heterocycles. The van der Waals surface area contributed by atoms with Gasteiger partial charge in [0.15, 0.2) is 11.6 Å². The van der Waals surface area contributed by atoms with Gasteiger partial charge in [0.25, 0.3) is 0 Å². The van der Waals surface area contributed by atoms with Crippen molar-refractivity contribution in [3.05, 3.63) is 89.0 Å². The van der Waals surface area contributed by atoms with Gasteiger partial charge in [-0.1, -0.05) is 67.6 Å². The van der Waals surface area contributed by atoms with Gasteiger partial charge < -0.3 is 9.88 Å². The monoisotopic (exact) mass is 584 g/mol. The molecule has 214 valence electrons. The van der Waals surface area contributed by atoms with Gasteiger partial charge in [-0.25, -0.2) is 4.39 Å². The molecule has 0 bridgehead atoms. The average Bonchev–Trinajstić information content (AvgIpc) is 3.29. The largest absolute Gasteiger partial charge is 0.360 e. The molecule has 7 rings (SSSR count). The fraction of sp³-hybridized carbons (Fsp3) is 0.273. The van der Waals surface area contributed by atoms with Crippen molar-refractivity contribution in [1.29, 1.82) is 0 Å². The number of aromatic amines is 1. The first-order valence-corrected chi connectivity index (χ1v) is 14.0. The number of Topliss-reactive ketones (excluding diaryl/α,β-unsaturated/α-hetero) is 2. The Balaban J connectivity index is 0.00000316. The summed E-state index contributed by atoms with van der Waals surface area (Å²) >= 11 is 6.61. The lowest BCUT2D eigenvalue weighted by Crippen LogP contribution is -2.45. The van der Waals surface area contributed by atoms with E-state index in [0.717, 1.165) is 17.3 Å². The fourth-order valence-corrected chi connectivity index (χ4v) is 6.68. The molecule has 3 atom stereocenters. The van der Waals surface area contributed by atoms with Crippen molar-refractivity contribution < 1.29 is 18.8 Å². The Hall–Kier alpha value is -4.30. The molecule has 1 aliphatic carbocycles. The van der Waals surface area contributed by atoms with E-state index in [1.165, 1.54) is 6.92 Å². The second kappa shape index (κ2) is 10.5. The van der Waals surface area contributed by atoms with Crippen molar-refractivity contribution in [2.75, 3.05) is 0 Å². The number of carbonyl (C=O) groups excluding carboxylic acids is 3. The molecule has 5 aromatic rings. The second-order valence-electron chi connectivity index (χ2n) is 11.0. The number of amides is 1. The lowest BCUT2D eigenvalue weighted by molar-refractivity contribution is -0.139. The van der Waals surface area contributed by atoms with Crippen molar-refractivity contribution in [2.45, 2.75) is 52.2 Å². The SMILES string of the molecule is C.CC(=O)c1nn(CC(=O)N2[C@@H]3C[C@@H]3C[C@H]2C(=O)Cc2cccc(-c3ccc4cc[nH]c4c3Cl)c2F)c2ccccc12. The van der Waals surface area contributed by atoms with Crippen LogP contribution in [0, 0.1) is 11.7 Å². The maximum absolute atomic E-state index is 15.8. The van der Waals surface area contributed by atoms with E-state index in [-0.39, 0.29) is 55.4 Å². The summed E-state index contributed by atoms with van der Waals surface area (Å²) in [6.45, 7) is 1.37. The number of hydrogen-bond donors (Lipinski definition) is 1. The molecule has 1 saturated carbocycles. The van der Waals surface area contributed by atoms with Crippen molar-refractivity contribution in [3.63, 3.8) is 0 Å². The smallest absolute Gasteiger partial charge is 0.245 e. The van der Waals surface area contributed by atoms with Crippen molar-refractivity contribution >= 4 is 50.9 Å². The highest BCUT2D eigenvalue weighted by atomic mass is 35.5. The minimum absolute atomic E-state index is 0. The van der Waals surface area contributed by atoms with Crippen LogP contribution in [-0.2, 0) is 22.6 Å². The molecule has 0 spiro atoms. The van der Waals surface area contributed by atoms with Crippen LogP contribution in [0.4, 0.5) is 4.39 Å². The molecular formula is C33H30ClFN4O3. The van der Waals surface area contributed by atoms with Gasteiger partial charge >= 0.3 is 0 Å². The Morgan fingerprint density at radius 2 is 1.83 bits per heavy atom. The molecule has 7 nitrogen and oxygen atoms in total. The Bertz CT molecular complexity index is 1890. The van der Waals surface area contributed by atoms with Gasteiger partial charge in [0, 0.05) is 47.5 Å². The zero-order chi connectivity index (χ0) is 28.4. The first-order valence-electron chi connectivity index (χ1n) is 13.7. The topological polar surface area (TPSA) is 88.1 Å². The molecule has 2 aliphatic rings. The first-order chi connectivity index (χ1) is 19.8. The Morgan fingerprint density at radius 1 is 1.02 bits per heavy atom. The molecule has 1 saturated heterocycles. The second-order valence-corrected chi connectivity index (χ2v) is 11.4. The van der Waals surface area contributed by atoms with Crippen LogP contribution >= 0.6 is 11.6 Å². The number of likely N-dealkylation sites (tertiary alicyclic amines) is 1. The van der Waals surface area contributed by atoms with Crippen LogP contribution in [0.2, 0.25) is 5.02 Å². The number of rotatable bonds is 7. The van der Waals surface area contributed by atoms with Gasteiger partial charge in [-0.05, 0) is 36.5 Å². The summed E-state index contributed by atoms with van der Waals surface area (Å²) in [6.07, 6.45) is 3.08. The van der Waals surface area contributed by atoms with E-state index < -0.39 is 11.9 Å². The van der Waals surface area contributed by atoms with Gasteiger partial charge in [0.1, 0.15) is 18.1 Å². The van der Waals surface area contributed by atoms with E-state index in [2.05, 4.69) is 10.1 Å². The summed E-state index contributed by atoms with van der Waals surface area (Å²) < 4.78 is 17.4. The van der Waals surface area contributed by atoms with Crippen LogP contribution in [0.15, 0.2) is 66.9 Å². The number of halogens is 2. The Morgan fingerprint density at radius 3 is 2.64 bits per heavy atom. The number of ketones is 2. The molecule has 2 aromatic heterocycles. The molecule has 1 N–H and O–H groups in total. The zero-order valence-electron chi connectivity index (χ0n) is 22.2. The number of nitrogens with one attached hydrogen (secondary N) is 1. The molecule has 42 heavy (non-hydrogen) atoms. The van der Waals surface area contributed by atoms with Crippen LogP contribution in [0.25, 0.3) is 32.9 Å². The molecule has 1 amide bonds. The molecular weight excluding hydrogens is 555 g/mol. The summed E-state index contributed by atoms with van der Waals surface area (Å²) in [7, 11) is 0. The Labute approximate surface area is 247 Å². The Kier molecular flexibility index (Phi) is 6.97. The van der Waals surface area contributed by atoms with E-state index in [4.69, 9.17) is 11.6 Å². The van der Waals surface area contributed by atoms with E-state index in [1.807, 2.05) is 36.4 Å². The number of aromatic nitrogens is 3. The molecule has 1 aliphatic heterocycles. The van der Waals surface area contributed by atoms with Crippen LogP contribution in [0.5, 0.6) is 0 Å². The van der Waals surface area contributed by atoms with Crippen LogP contribution in [0.1, 0.15) is 43.2 Å². The number of hydrogen-bond acceptors (Lipinski definition) is 4. The van der Waals surface area contributed by atoms with Crippen LogP contribution in [0.3, 0.4) is 0 Å². The van der Waals surface area contributed by atoms with Gasteiger partial charge in [-0.3, -0.25) is 19.1 Å². The van der Waals surface area contributed by atoms with Gasteiger partial charge in [-0.15, -0.1) is 0 Å². The normalized spacial score (nSPS) is 19.1. The molecule has 3 aromatic carbocycles. The van der Waals surface area contributed by atoms with E-state index in [0.29, 0.717) is 39.2 Å². The minimum Gasteiger partial charge on any atom is -0.360 e. The zero-order valence-corrected chi connectivity index (χ0v) is 23.0. The van der Waals surface area contributed by atoms with E-state index in [1.54, 1.807) is 40.0 Å². The summed E-state index contributed by atoms with van der Waals surface area (Å²) in [6, 6.07) is 17.2. The number of para-hydroxylation sites is 1. The minimum atomic E-state index is -0.623. The highest BCUT2D eigenvalue weighted by Crippen LogP contribution is 2.48. The number of H-pyrrole nitrogens is 1. The van der Waals surface area contributed by atoms with E-state index >= 15 is 4.39 Å². The van der Waals surface area contributed by atoms with E-state index in [9.17, 15) is 14.4 Å². The third-order valence-electron chi connectivity index (χ3n) is 8.44. The lowest BCUT2D eigenvalue weighted by Gasteiger charge is -2.27. The third kappa shape index (κ3) is 4.50. The third-order valence-corrected chi connectivity index (χ3v) is 8.83.